The molecule has 0 spiro atoms. The Kier molecular flexibility index (Phi) is 6.22. The van der Waals surface area contributed by atoms with Crippen LogP contribution in [-0.2, 0) is 4.79 Å². The highest BCUT2D eigenvalue weighted by atomic mass is 32.2. The molecule has 0 aliphatic carbocycles. The van der Waals surface area contributed by atoms with E-state index in [1.165, 1.54) is 23.9 Å². The molecule has 1 N–H and O–H groups in total. The first-order chi connectivity index (χ1) is 12.2. The van der Waals surface area contributed by atoms with Crippen molar-refractivity contribution in [2.75, 3.05) is 30.3 Å². The van der Waals surface area contributed by atoms with Gasteiger partial charge in [-0.3, -0.25) is 4.79 Å². The van der Waals surface area contributed by atoms with Gasteiger partial charge >= 0.3 is 0 Å². The van der Waals surface area contributed by atoms with Gasteiger partial charge in [0.15, 0.2) is 0 Å². The summed E-state index contributed by atoms with van der Waals surface area (Å²) in [6.07, 6.45) is 5.55. The number of amides is 1. The number of nitrogens with zero attached hydrogens (tertiary/aromatic N) is 3. The summed E-state index contributed by atoms with van der Waals surface area (Å²) in [6.45, 7) is 2.52. The quantitative estimate of drug-likeness (QED) is 0.803. The number of nitrogens with one attached hydrogen (secondary N) is 1. The number of rotatable bonds is 6. The highest BCUT2D eigenvalue weighted by molar-refractivity contribution is 8.00. The number of hydrogen-bond donors (Lipinski definition) is 1. The van der Waals surface area contributed by atoms with E-state index in [0.29, 0.717) is 18.2 Å². The van der Waals surface area contributed by atoms with Crippen LogP contribution in [0.15, 0.2) is 47.6 Å². The number of thioether (sulfide) groups is 1. The second-order valence-electron chi connectivity index (χ2n) is 6.03. The SMILES string of the molecule is O=C(CSc1ccc(F)cc1)NCC1CCN(c2ncccn2)CC1. The largest absolute Gasteiger partial charge is 0.355 e. The van der Waals surface area contributed by atoms with Crippen molar-refractivity contribution >= 4 is 23.6 Å². The van der Waals surface area contributed by atoms with Crippen LogP contribution in [0.25, 0.3) is 0 Å². The van der Waals surface area contributed by atoms with E-state index in [0.717, 1.165) is 36.8 Å². The van der Waals surface area contributed by atoms with Crippen LogP contribution in [-0.4, -0.2) is 41.3 Å². The third-order valence-electron chi connectivity index (χ3n) is 4.22. The van der Waals surface area contributed by atoms with Crippen LogP contribution in [0.1, 0.15) is 12.8 Å². The minimum atomic E-state index is -0.263. The van der Waals surface area contributed by atoms with E-state index >= 15 is 0 Å². The summed E-state index contributed by atoms with van der Waals surface area (Å²) < 4.78 is 12.8. The molecule has 7 heteroatoms. The number of carbonyl (C=O) groups excluding carboxylic acids is 1. The third kappa shape index (κ3) is 5.42. The Balaban J connectivity index is 1.35. The van der Waals surface area contributed by atoms with Gasteiger partial charge in [0, 0.05) is 36.9 Å². The summed E-state index contributed by atoms with van der Waals surface area (Å²) in [5.74, 6) is 1.37. The van der Waals surface area contributed by atoms with Crippen molar-refractivity contribution < 1.29 is 9.18 Å². The van der Waals surface area contributed by atoms with Gasteiger partial charge in [-0.2, -0.15) is 0 Å². The van der Waals surface area contributed by atoms with E-state index in [1.54, 1.807) is 24.5 Å². The molecule has 1 aliphatic heterocycles. The number of halogens is 1. The minimum Gasteiger partial charge on any atom is -0.355 e. The van der Waals surface area contributed by atoms with Crippen molar-refractivity contribution in [3.05, 3.63) is 48.5 Å². The molecule has 1 saturated heterocycles. The Labute approximate surface area is 151 Å². The molecule has 25 heavy (non-hydrogen) atoms. The van der Waals surface area contributed by atoms with Crippen LogP contribution in [0.3, 0.4) is 0 Å². The minimum absolute atomic E-state index is 0.0168. The predicted octanol–water partition coefficient (Wildman–Crippen LogP) is 2.74. The number of benzene rings is 1. The average Bonchev–Trinajstić information content (AvgIpc) is 2.67. The van der Waals surface area contributed by atoms with E-state index in [2.05, 4.69) is 20.2 Å². The normalized spacial score (nSPS) is 15.2. The summed E-state index contributed by atoms with van der Waals surface area (Å²) >= 11 is 1.42. The molecule has 1 aromatic carbocycles. The van der Waals surface area contributed by atoms with Gasteiger partial charge in [-0.1, -0.05) is 0 Å². The van der Waals surface area contributed by atoms with Crippen LogP contribution in [0.5, 0.6) is 0 Å². The lowest BCUT2D eigenvalue weighted by Gasteiger charge is -2.31. The molecule has 2 aromatic rings. The summed E-state index contributed by atoms with van der Waals surface area (Å²) in [4.78, 5) is 23.6. The molecule has 1 amide bonds. The lowest BCUT2D eigenvalue weighted by Crippen LogP contribution is -2.39. The van der Waals surface area contributed by atoms with Gasteiger partial charge in [-0.15, -0.1) is 11.8 Å². The highest BCUT2D eigenvalue weighted by Crippen LogP contribution is 2.20. The van der Waals surface area contributed by atoms with E-state index < -0.39 is 0 Å². The fourth-order valence-electron chi connectivity index (χ4n) is 2.78. The van der Waals surface area contributed by atoms with E-state index in [1.807, 2.05) is 6.07 Å². The number of anilines is 1. The summed E-state index contributed by atoms with van der Waals surface area (Å²) in [5.41, 5.74) is 0. The lowest BCUT2D eigenvalue weighted by atomic mass is 9.97. The molecule has 132 valence electrons. The Morgan fingerprint density at radius 1 is 1.20 bits per heavy atom. The molecule has 1 aromatic heterocycles. The monoisotopic (exact) mass is 360 g/mol. The highest BCUT2D eigenvalue weighted by Gasteiger charge is 2.21. The predicted molar refractivity (Wildman–Crippen MR) is 97.1 cm³/mol. The van der Waals surface area contributed by atoms with Crippen LogP contribution >= 0.6 is 11.8 Å². The molecule has 0 bridgehead atoms. The zero-order valence-electron chi connectivity index (χ0n) is 13.9. The molecule has 1 aliphatic rings. The van der Waals surface area contributed by atoms with Crippen molar-refractivity contribution in [3.8, 4) is 0 Å². The Hall–Kier alpha value is -2.15. The summed E-state index contributed by atoms with van der Waals surface area (Å²) in [5, 5.41) is 3.00. The maximum absolute atomic E-state index is 12.8. The number of carbonyl (C=O) groups is 1. The Morgan fingerprint density at radius 3 is 2.56 bits per heavy atom. The second-order valence-corrected chi connectivity index (χ2v) is 7.07. The van der Waals surface area contributed by atoms with Crippen molar-refractivity contribution in [2.24, 2.45) is 5.92 Å². The van der Waals surface area contributed by atoms with Gasteiger partial charge in [0.1, 0.15) is 5.82 Å². The lowest BCUT2D eigenvalue weighted by molar-refractivity contribution is -0.118. The van der Waals surface area contributed by atoms with Crippen molar-refractivity contribution in [3.63, 3.8) is 0 Å². The van der Waals surface area contributed by atoms with E-state index in [9.17, 15) is 9.18 Å². The fraction of sp³-hybridized carbons (Fsp3) is 0.389. The second kappa shape index (κ2) is 8.80. The van der Waals surface area contributed by atoms with Crippen LogP contribution in [0.4, 0.5) is 10.3 Å². The van der Waals surface area contributed by atoms with Crippen molar-refractivity contribution in [2.45, 2.75) is 17.7 Å². The molecule has 5 nitrogen and oxygen atoms in total. The van der Waals surface area contributed by atoms with Gasteiger partial charge in [-0.25, -0.2) is 14.4 Å². The fourth-order valence-corrected chi connectivity index (χ4v) is 3.51. The first kappa shape index (κ1) is 17.7. The van der Waals surface area contributed by atoms with Gasteiger partial charge in [0.25, 0.3) is 0 Å². The standard InChI is InChI=1S/C18H21FN4OS/c19-15-2-4-16(5-3-15)25-13-17(24)22-12-14-6-10-23(11-7-14)18-20-8-1-9-21-18/h1-5,8-9,14H,6-7,10-13H2,(H,22,24). The Morgan fingerprint density at radius 2 is 1.88 bits per heavy atom. The zero-order chi connectivity index (χ0) is 17.5. The topological polar surface area (TPSA) is 58.1 Å². The van der Waals surface area contributed by atoms with Crippen LogP contribution in [0.2, 0.25) is 0 Å². The van der Waals surface area contributed by atoms with Crippen LogP contribution < -0.4 is 10.2 Å². The van der Waals surface area contributed by atoms with Gasteiger partial charge in [0.05, 0.1) is 5.75 Å². The molecule has 1 fully saturated rings. The molecular weight excluding hydrogens is 339 g/mol. The number of piperidine rings is 1. The van der Waals surface area contributed by atoms with Crippen molar-refractivity contribution in [1.82, 2.24) is 15.3 Å². The van der Waals surface area contributed by atoms with Gasteiger partial charge in [-0.05, 0) is 49.1 Å². The first-order valence-corrected chi connectivity index (χ1v) is 9.36. The van der Waals surface area contributed by atoms with E-state index in [4.69, 9.17) is 0 Å². The first-order valence-electron chi connectivity index (χ1n) is 8.38. The molecule has 0 unspecified atom stereocenters. The van der Waals surface area contributed by atoms with Gasteiger partial charge in [0.2, 0.25) is 11.9 Å². The molecule has 0 saturated carbocycles. The van der Waals surface area contributed by atoms with E-state index in [-0.39, 0.29) is 11.7 Å². The zero-order valence-corrected chi connectivity index (χ0v) is 14.7. The summed E-state index contributed by atoms with van der Waals surface area (Å²) in [7, 11) is 0. The van der Waals surface area contributed by atoms with Gasteiger partial charge < -0.3 is 10.2 Å². The number of aromatic nitrogens is 2. The molecule has 0 radical (unpaired) electrons. The average molecular weight is 360 g/mol. The maximum atomic E-state index is 12.8. The van der Waals surface area contributed by atoms with Crippen LogP contribution in [0, 0.1) is 11.7 Å². The molecular formula is C18H21FN4OS. The number of hydrogen-bond acceptors (Lipinski definition) is 5. The summed E-state index contributed by atoms with van der Waals surface area (Å²) in [6, 6.07) is 8.01. The Bertz CT molecular complexity index is 675. The molecule has 2 heterocycles. The molecule has 0 atom stereocenters. The molecule has 3 rings (SSSR count). The third-order valence-corrected chi connectivity index (χ3v) is 5.23. The maximum Gasteiger partial charge on any atom is 0.230 e. The smallest absolute Gasteiger partial charge is 0.230 e. The van der Waals surface area contributed by atoms with Crippen molar-refractivity contribution in [1.29, 1.82) is 0 Å².